The highest BCUT2D eigenvalue weighted by Gasteiger charge is 2.38. The Balaban J connectivity index is 2.26. The van der Waals surface area contributed by atoms with Crippen molar-refractivity contribution in [1.82, 2.24) is 5.32 Å². The van der Waals surface area contributed by atoms with Crippen molar-refractivity contribution in [2.75, 3.05) is 13.2 Å². The minimum Gasteiger partial charge on any atom is -0.376 e. The molecule has 1 saturated carbocycles. The molecule has 1 aromatic carbocycles. The van der Waals surface area contributed by atoms with Gasteiger partial charge < -0.3 is 10.1 Å². The Morgan fingerprint density at radius 1 is 1.30 bits per heavy atom. The molecule has 1 aliphatic carbocycles. The van der Waals surface area contributed by atoms with Crippen LogP contribution in [0.15, 0.2) is 18.2 Å². The summed E-state index contributed by atoms with van der Waals surface area (Å²) in [6.45, 7) is 5.88. The molecule has 1 N–H and O–H groups in total. The second kappa shape index (κ2) is 7.65. The highest BCUT2D eigenvalue weighted by Crippen LogP contribution is 2.41. The van der Waals surface area contributed by atoms with E-state index in [1.165, 1.54) is 12.8 Å². The summed E-state index contributed by atoms with van der Waals surface area (Å²) >= 11 is 12.5. The predicted octanol–water partition coefficient (Wildman–Crippen LogP) is 4.85. The van der Waals surface area contributed by atoms with E-state index in [-0.39, 0.29) is 12.1 Å². The molecule has 1 aliphatic rings. The molecule has 112 valence electrons. The van der Waals surface area contributed by atoms with Crippen molar-refractivity contribution in [2.24, 2.45) is 5.92 Å². The molecule has 0 aliphatic heterocycles. The first-order valence-corrected chi connectivity index (χ1v) is 8.22. The normalized spacial score (nSPS) is 18.0. The summed E-state index contributed by atoms with van der Waals surface area (Å²) in [5.41, 5.74) is 1.05. The predicted molar refractivity (Wildman–Crippen MR) is 85.6 cm³/mol. The lowest BCUT2D eigenvalue weighted by atomic mass is 9.97. The second-order valence-corrected chi connectivity index (χ2v) is 6.20. The molecular formula is C16H23Cl2NO. The summed E-state index contributed by atoms with van der Waals surface area (Å²) in [6, 6.07) is 5.78. The maximum Gasteiger partial charge on any atom is 0.0798 e. The Bertz CT molecular complexity index is 434. The van der Waals surface area contributed by atoms with Crippen LogP contribution < -0.4 is 5.32 Å². The molecule has 2 nitrogen and oxygen atoms in total. The summed E-state index contributed by atoms with van der Waals surface area (Å²) in [5.74, 6) is 0.638. The molecule has 2 atom stereocenters. The lowest BCUT2D eigenvalue weighted by molar-refractivity contribution is 0.0186. The number of halogens is 2. The average molecular weight is 316 g/mol. The number of nitrogens with one attached hydrogen (secondary N) is 1. The van der Waals surface area contributed by atoms with Crippen LogP contribution in [0.25, 0.3) is 0 Å². The van der Waals surface area contributed by atoms with E-state index in [0.717, 1.165) is 35.2 Å². The van der Waals surface area contributed by atoms with Gasteiger partial charge in [0.05, 0.1) is 12.1 Å². The third-order valence-corrected chi connectivity index (χ3v) is 4.26. The number of benzene rings is 1. The lowest BCUT2D eigenvalue weighted by Gasteiger charge is -2.29. The zero-order chi connectivity index (χ0) is 14.5. The quantitative estimate of drug-likeness (QED) is 0.740. The van der Waals surface area contributed by atoms with Crippen LogP contribution in [-0.2, 0) is 4.74 Å². The molecule has 0 amide bonds. The van der Waals surface area contributed by atoms with Crippen LogP contribution >= 0.6 is 23.2 Å². The van der Waals surface area contributed by atoms with E-state index in [9.17, 15) is 0 Å². The molecule has 1 aromatic rings. The van der Waals surface area contributed by atoms with Crippen LogP contribution in [0.3, 0.4) is 0 Å². The van der Waals surface area contributed by atoms with Crippen LogP contribution in [-0.4, -0.2) is 19.3 Å². The van der Waals surface area contributed by atoms with E-state index < -0.39 is 0 Å². The summed E-state index contributed by atoms with van der Waals surface area (Å²) in [7, 11) is 0. The Hall–Kier alpha value is -0.280. The van der Waals surface area contributed by atoms with E-state index in [1.54, 1.807) is 0 Å². The van der Waals surface area contributed by atoms with Crippen LogP contribution in [0.5, 0.6) is 0 Å². The molecule has 0 aromatic heterocycles. The number of hydrogen-bond acceptors (Lipinski definition) is 2. The standard InChI is InChI=1S/C16H23Cl2NO/c1-3-9-19-15(16(20-4-2)11-5-6-11)13-10-12(17)7-8-14(13)18/h7-8,10-11,15-16,19H,3-6,9H2,1-2H3. The fourth-order valence-corrected chi connectivity index (χ4v) is 2.99. The van der Waals surface area contributed by atoms with Gasteiger partial charge in [-0.1, -0.05) is 30.1 Å². The first-order valence-electron chi connectivity index (χ1n) is 7.47. The fourth-order valence-electron chi connectivity index (χ4n) is 2.58. The van der Waals surface area contributed by atoms with E-state index in [2.05, 4.69) is 12.2 Å². The van der Waals surface area contributed by atoms with Gasteiger partial charge in [-0.2, -0.15) is 0 Å². The minimum atomic E-state index is 0.119. The zero-order valence-corrected chi connectivity index (χ0v) is 13.7. The molecular weight excluding hydrogens is 293 g/mol. The van der Waals surface area contributed by atoms with Crippen LogP contribution in [0.2, 0.25) is 10.0 Å². The molecule has 1 fully saturated rings. The summed E-state index contributed by atoms with van der Waals surface area (Å²) in [5, 5.41) is 5.07. The van der Waals surface area contributed by atoms with E-state index in [4.69, 9.17) is 27.9 Å². The van der Waals surface area contributed by atoms with Crippen molar-refractivity contribution >= 4 is 23.2 Å². The number of ether oxygens (including phenoxy) is 1. The number of rotatable bonds is 8. The van der Waals surface area contributed by atoms with Crippen LogP contribution in [0, 0.1) is 5.92 Å². The molecule has 0 bridgehead atoms. The van der Waals surface area contributed by atoms with Gasteiger partial charge in [0.25, 0.3) is 0 Å². The van der Waals surface area contributed by atoms with Gasteiger partial charge in [-0.15, -0.1) is 0 Å². The van der Waals surface area contributed by atoms with E-state index >= 15 is 0 Å². The lowest BCUT2D eigenvalue weighted by Crippen LogP contribution is -2.36. The van der Waals surface area contributed by atoms with Crippen molar-refractivity contribution in [3.05, 3.63) is 33.8 Å². The Morgan fingerprint density at radius 3 is 2.65 bits per heavy atom. The van der Waals surface area contributed by atoms with Crippen molar-refractivity contribution in [2.45, 2.75) is 45.3 Å². The highest BCUT2D eigenvalue weighted by molar-refractivity contribution is 6.33. The molecule has 4 heteroatoms. The smallest absolute Gasteiger partial charge is 0.0798 e. The third kappa shape index (κ3) is 4.11. The molecule has 20 heavy (non-hydrogen) atoms. The van der Waals surface area contributed by atoms with Crippen molar-refractivity contribution in [1.29, 1.82) is 0 Å². The Morgan fingerprint density at radius 2 is 2.05 bits per heavy atom. The molecule has 0 saturated heterocycles. The van der Waals surface area contributed by atoms with Gasteiger partial charge in [-0.3, -0.25) is 0 Å². The maximum absolute atomic E-state index is 6.39. The van der Waals surface area contributed by atoms with Gasteiger partial charge in [-0.25, -0.2) is 0 Å². The summed E-state index contributed by atoms with van der Waals surface area (Å²) < 4.78 is 6.01. The summed E-state index contributed by atoms with van der Waals surface area (Å²) in [6.07, 6.45) is 3.75. The molecule has 2 rings (SSSR count). The molecule has 2 unspecified atom stereocenters. The SMILES string of the molecule is CCCNC(c1cc(Cl)ccc1Cl)C(OCC)C1CC1. The first-order chi connectivity index (χ1) is 9.67. The van der Waals surface area contributed by atoms with E-state index in [1.807, 2.05) is 25.1 Å². The van der Waals surface area contributed by atoms with Gasteiger partial charge in [0.1, 0.15) is 0 Å². The van der Waals surface area contributed by atoms with Gasteiger partial charge in [0.2, 0.25) is 0 Å². The number of hydrogen-bond donors (Lipinski definition) is 1. The van der Waals surface area contributed by atoms with Crippen molar-refractivity contribution in [3.63, 3.8) is 0 Å². The fraction of sp³-hybridized carbons (Fsp3) is 0.625. The maximum atomic E-state index is 6.39. The molecule has 0 radical (unpaired) electrons. The second-order valence-electron chi connectivity index (χ2n) is 5.36. The largest absolute Gasteiger partial charge is 0.376 e. The first kappa shape index (κ1) is 16.1. The average Bonchev–Trinajstić information content (AvgIpc) is 3.26. The Labute approximate surface area is 131 Å². The van der Waals surface area contributed by atoms with Crippen molar-refractivity contribution in [3.8, 4) is 0 Å². The molecule has 0 heterocycles. The van der Waals surface area contributed by atoms with Gasteiger partial charge in [0, 0.05) is 16.7 Å². The van der Waals surface area contributed by atoms with Crippen LogP contribution in [0.1, 0.15) is 44.7 Å². The van der Waals surface area contributed by atoms with Crippen molar-refractivity contribution < 1.29 is 4.74 Å². The van der Waals surface area contributed by atoms with Gasteiger partial charge in [-0.05, 0) is 62.4 Å². The van der Waals surface area contributed by atoms with Gasteiger partial charge in [0.15, 0.2) is 0 Å². The summed E-state index contributed by atoms with van der Waals surface area (Å²) in [4.78, 5) is 0. The van der Waals surface area contributed by atoms with E-state index in [0.29, 0.717) is 5.92 Å². The highest BCUT2D eigenvalue weighted by atomic mass is 35.5. The molecule has 0 spiro atoms. The third-order valence-electron chi connectivity index (χ3n) is 3.68. The zero-order valence-electron chi connectivity index (χ0n) is 12.2. The minimum absolute atomic E-state index is 0.119. The monoisotopic (exact) mass is 315 g/mol. The Kier molecular flexibility index (Phi) is 6.16. The van der Waals surface area contributed by atoms with Gasteiger partial charge >= 0.3 is 0 Å². The van der Waals surface area contributed by atoms with Crippen LogP contribution in [0.4, 0.5) is 0 Å². The topological polar surface area (TPSA) is 21.3 Å².